The molecule has 1 saturated heterocycles. The SMILES string of the molecule is CCCCOCCNCCN(C)CCN1CCCC1. The van der Waals surface area contributed by atoms with E-state index in [4.69, 9.17) is 4.74 Å². The minimum Gasteiger partial charge on any atom is -0.380 e. The van der Waals surface area contributed by atoms with E-state index in [1.54, 1.807) is 0 Å². The Labute approximate surface area is 119 Å². The van der Waals surface area contributed by atoms with E-state index in [9.17, 15) is 0 Å². The van der Waals surface area contributed by atoms with Crippen LogP contribution >= 0.6 is 0 Å². The number of nitrogens with one attached hydrogen (secondary N) is 1. The average molecular weight is 271 g/mol. The Morgan fingerprint density at radius 2 is 1.89 bits per heavy atom. The van der Waals surface area contributed by atoms with Crippen LogP contribution in [0.2, 0.25) is 0 Å². The van der Waals surface area contributed by atoms with Crippen molar-refractivity contribution in [2.45, 2.75) is 32.6 Å². The van der Waals surface area contributed by atoms with Crippen LogP contribution in [0.15, 0.2) is 0 Å². The van der Waals surface area contributed by atoms with Crippen LogP contribution < -0.4 is 5.32 Å². The molecule has 0 amide bonds. The molecule has 0 atom stereocenters. The van der Waals surface area contributed by atoms with Crippen molar-refractivity contribution in [3.63, 3.8) is 0 Å². The maximum atomic E-state index is 5.51. The third kappa shape index (κ3) is 9.38. The molecule has 1 rings (SSSR count). The van der Waals surface area contributed by atoms with Crippen molar-refractivity contribution < 1.29 is 4.74 Å². The normalized spacial score (nSPS) is 16.6. The van der Waals surface area contributed by atoms with Crippen LogP contribution in [0.5, 0.6) is 0 Å². The number of hydrogen-bond donors (Lipinski definition) is 1. The number of hydrogen-bond acceptors (Lipinski definition) is 4. The smallest absolute Gasteiger partial charge is 0.0590 e. The molecule has 1 fully saturated rings. The summed E-state index contributed by atoms with van der Waals surface area (Å²) in [6.07, 6.45) is 5.18. The molecule has 1 aliphatic heterocycles. The lowest BCUT2D eigenvalue weighted by Gasteiger charge is -2.21. The molecule has 4 nitrogen and oxygen atoms in total. The standard InChI is InChI=1S/C15H33N3O/c1-3-4-14-19-15-8-16-7-11-17(2)12-13-18-9-5-6-10-18/h16H,3-15H2,1-2H3. The quantitative estimate of drug-likeness (QED) is 0.543. The number of rotatable bonds is 12. The molecule has 0 aromatic rings. The van der Waals surface area contributed by atoms with E-state index in [0.717, 1.165) is 32.8 Å². The Morgan fingerprint density at radius 1 is 1.11 bits per heavy atom. The summed E-state index contributed by atoms with van der Waals surface area (Å²) in [5.74, 6) is 0. The van der Waals surface area contributed by atoms with Gasteiger partial charge >= 0.3 is 0 Å². The van der Waals surface area contributed by atoms with Crippen LogP contribution in [-0.2, 0) is 4.74 Å². The summed E-state index contributed by atoms with van der Waals surface area (Å²) in [7, 11) is 2.22. The molecule has 0 saturated carbocycles. The Hall–Kier alpha value is -0.160. The van der Waals surface area contributed by atoms with E-state index in [0.29, 0.717) is 0 Å². The first-order valence-corrected chi connectivity index (χ1v) is 8.02. The summed E-state index contributed by atoms with van der Waals surface area (Å²) in [6, 6.07) is 0. The number of ether oxygens (including phenoxy) is 1. The average Bonchev–Trinajstić information content (AvgIpc) is 2.93. The van der Waals surface area contributed by atoms with E-state index >= 15 is 0 Å². The first kappa shape index (κ1) is 16.9. The molecule has 0 radical (unpaired) electrons. The van der Waals surface area contributed by atoms with E-state index in [1.807, 2.05) is 0 Å². The monoisotopic (exact) mass is 271 g/mol. The van der Waals surface area contributed by atoms with Gasteiger partial charge in [0.25, 0.3) is 0 Å². The zero-order valence-corrected chi connectivity index (χ0v) is 13.0. The lowest BCUT2D eigenvalue weighted by Crippen LogP contribution is -2.36. The molecule has 0 aromatic carbocycles. The van der Waals surface area contributed by atoms with Gasteiger partial charge in [-0.3, -0.25) is 0 Å². The molecule has 0 bridgehead atoms. The Morgan fingerprint density at radius 3 is 2.63 bits per heavy atom. The van der Waals surface area contributed by atoms with Gasteiger partial charge in [0.1, 0.15) is 0 Å². The highest BCUT2D eigenvalue weighted by molar-refractivity contribution is 4.67. The first-order chi connectivity index (χ1) is 9.33. The minimum atomic E-state index is 0.845. The fraction of sp³-hybridized carbons (Fsp3) is 1.00. The van der Waals surface area contributed by atoms with Crippen LogP contribution in [-0.4, -0.2) is 75.9 Å². The fourth-order valence-electron chi connectivity index (χ4n) is 2.32. The largest absolute Gasteiger partial charge is 0.380 e. The molecule has 1 aliphatic rings. The maximum absolute atomic E-state index is 5.51. The van der Waals surface area contributed by atoms with Gasteiger partial charge in [0.2, 0.25) is 0 Å². The van der Waals surface area contributed by atoms with Crippen LogP contribution in [0.1, 0.15) is 32.6 Å². The van der Waals surface area contributed by atoms with Crippen molar-refractivity contribution >= 4 is 0 Å². The van der Waals surface area contributed by atoms with Crippen LogP contribution in [0.4, 0.5) is 0 Å². The number of likely N-dealkylation sites (tertiary alicyclic amines) is 1. The van der Waals surface area contributed by atoms with Crippen molar-refractivity contribution in [2.75, 3.05) is 66.1 Å². The van der Waals surface area contributed by atoms with E-state index in [2.05, 4.69) is 29.1 Å². The van der Waals surface area contributed by atoms with Crippen molar-refractivity contribution in [1.29, 1.82) is 0 Å². The summed E-state index contributed by atoms with van der Waals surface area (Å²) >= 11 is 0. The molecule has 0 spiro atoms. The van der Waals surface area contributed by atoms with E-state index in [-0.39, 0.29) is 0 Å². The molecule has 114 valence electrons. The van der Waals surface area contributed by atoms with Crippen molar-refractivity contribution in [1.82, 2.24) is 15.1 Å². The summed E-state index contributed by atoms with van der Waals surface area (Å²) in [5.41, 5.74) is 0. The third-order valence-corrected chi connectivity index (χ3v) is 3.73. The second-order valence-corrected chi connectivity index (χ2v) is 5.57. The number of nitrogens with zero attached hydrogens (tertiary/aromatic N) is 2. The predicted molar refractivity (Wildman–Crippen MR) is 81.8 cm³/mol. The Bertz CT molecular complexity index is 196. The highest BCUT2D eigenvalue weighted by atomic mass is 16.5. The van der Waals surface area contributed by atoms with E-state index < -0.39 is 0 Å². The maximum Gasteiger partial charge on any atom is 0.0590 e. The van der Waals surface area contributed by atoms with Crippen LogP contribution in [0.25, 0.3) is 0 Å². The molecule has 4 heteroatoms. The van der Waals surface area contributed by atoms with E-state index in [1.165, 1.54) is 51.9 Å². The van der Waals surface area contributed by atoms with Gasteiger partial charge in [-0.05, 0) is 39.4 Å². The first-order valence-electron chi connectivity index (χ1n) is 8.02. The summed E-state index contributed by atoms with van der Waals surface area (Å²) in [4.78, 5) is 4.99. The highest BCUT2D eigenvalue weighted by Gasteiger charge is 2.11. The summed E-state index contributed by atoms with van der Waals surface area (Å²) in [5, 5.41) is 3.44. The second-order valence-electron chi connectivity index (χ2n) is 5.57. The van der Waals surface area contributed by atoms with Crippen molar-refractivity contribution in [3.05, 3.63) is 0 Å². The van der Waals surface area contributed by atoms with Gasteiger partial charge in [-0.2, -0.15) is 0 Å². The minimum absolute atomic E-state index is 0.845. The molecular formula is C15H33N3O. The second kappa shape index (κ2) is 11.6. The van der Waals surface area contributed by atoms with Gasteiger partial charge < -0.3 is 19.9 Å². The van der Waals surface area contributed by atoms with Crippen molar-refractivity contribution in [3.8, 4) is 0 Å². The Kier molecular flexibility index (Phi) is 10.4. The predicted octanol–water partition coefficient (Wildman–Crippen LogP) is 1.42. The Balaban J connectivity index is 1.80. The molecule has 1 N–H and O–H groups in total. The van der Waals surface area contributed by atoms with Gasteiger partial charge in [-0.1, -0.05) is 13.3 Å². The number of unbranched alkanes of at least 4 members (excludes halogenated alkanes) is 1. The molecule has 0 aromatic heterocycles. The summed E-state index contributed by atoms with van der Waals surface area (Å²) < 4.78 is 5.51. The zero-order valence-electron chi connectivity index (χ0n) is 13.0. The van der Waals surface area contributed by atoms with Gasteiger partial charge in [0, 0.05) is 39.3 Å². The molecule has 0 unspecified atom stereocenters. The van der Waals surface area contributed by atoms with Gasteiger partial charge in [-0.15, -0.1) is 0 Å². The number of likely N-dealkylation sites (N-methyl/N-ethyl adjacent to an activating group) is 1. The lowest BCUT2D eigenvalue weighted by atomic mass is 10.4. The van der Waals surface area contributed by atoms with Crippen LogP contribution in [0, 0.1) is 0 Å². The van der Waals surface area contributed by atoms with Crippen LogP contribution in [0.3, 0.4) is 0 Å². The van der Waals surface area contributed by atoms with Gasteiger partial charge in [0.05, 0.1) is 6.61 Å². The molecular weight excluding hydrogens is 238 g/mol. The topological polar surface area (TPSA) is 27.7 Å². The highest BCUT2D eigenvalue weighted by Crippen LogP contribution is 2.06. The third-order valence-electron chi connectivity index (χ3n) is 3.73. The summed E-state index contributed by atoms with van der Waals surface area (Å²) in [6.45, 7) is 12.2. The molecule has 0 aliphatic carbocycles. The van der Waals surface area contributed by atoms with Crippen molar-refractivity contribution in [2.24, 2.45) is 0 Å². The molecule has 19 heavy (non-hydrogen) atoms. The van der Waals surface area contributed by atoms with Gasteiger partial charge in [-0.25, -0.2) is 0 Å². The molecule has 1 heterocycles. The lowest BCUT2D eigenvalue weighted by molar-refractivity contribution is 0.132. The fourth-order valence-corrected chi connectivity index (χ4v) is 2.32. The zero-order chi connectivity index (χ0) is 13.8. The van der Waals surface area contributed by atoms with Gasteiger partial charge in [0.15, 0.2) is 0 Å².